The minimum atomic E-state index is 0.0237. The Morgan fingerprint density at radius 1 is 1.53 bits per heavy atom. The van der Waals surface area contributed by atoms with E-state index in [0.29, 0.717) is 23.2 Å². The zero-order valence-electron chi connectivity index (χ0n) is 9.33. The van der Waals surface area contributed by atoms with Gasteiger partial charge in [0.05, 0.1) is 0 Å². The lowest BCUT2D eigenvalue weighted by Gasteiger charge is -2.20. The van der Waals surface area contributed by atoms with E-state index in [-0.39, 0.29) is 5.91 Å². The van der Waals surface area contributed by atoms with Crippen LogP contribution in [0.1, 0.15) is 23.2 Å². The molecule has 2 nitrogen and oxygen atoms in total. The minimum Gasteiger partial charge on any atom is -0.332 e. The molecule has 1 fully saturated rings. The Morgan fingerprint density at radius 2 is 2.24 bits per heavy atom. The first kappa shape index (κ1) is 12.7. The summed E-state index contributed by atoms with van der Waals surface area (Å²) < 4.78 is 0.822. The molecule has 90 valence electrons. The molecule has 0 bridgehead atoms. The van der Waals surface area contributed by atoms with Crippen LogP contribution in [0.2, 0.25) is 5.02 Å². The number of rotatable bonds is 4. The van der Waals surface area contributed by atoms with E-state index in [9.17, 15) is 4.79 Å². The van der Waals surface area contributed by atoms with Crippen molar-refractivity contribution < 1.29 is 4.79 Å². The highest BCUT2D eigenvalue weighted by Crippen LogP contribution is 2.29. The third kappa shape index (κ3) is 3.11. The Labute approximate surface area is 114 Å². The summed E-state index contributed by atoms with van der Waals surface area (Å²) in [6.07, 6.45) is 3.93. The monoisotopic (exact) mass is 313 g/mol. The van der Waals surface area contributed by atoms with Crippen molar-refractivity contribution in [2.75, 3.05) is 6.54 Å². The van der Waals surface area contributed by atoms with Crippen molar-refractivity contribution in [3.63, 3.8) is 0 Å². The van der Waals surface area contributed by atoms with Gasteiger partial charge in [-0.1, -0.05) is 33.6 Å². The fourth-order valence-corrected chi connectivity index (χ4v) is 2.63. The summed E-state index contributed by atoms with van der Waals surface area (Å²) in [5, 5.41) is 0.567. The molecule has 1 aliphatic carbocycles. The van der Waals surface area contributed by atoms with Crippen molar-refractivity contribution in [1.82, 2.24) is 4.90 Å². The first-order chi connectivity index (χ1) is 8.11. The average Bonchev–Trinajstić information content (AvgIpc) is 3.07. The van der Waals surface area contributed by atoms with Gasteiger partial charge in [0.25, 0.3) is 5.91 Å². The van der Waals surface area contributed by atoms with Crippen molar-refractivity contribution in [2.45, 2.75) is 18.9 Å². The molecule has 4 heteroatoms. The van der Waals surface area contributed by atoms with Crippen LogP contribution in [0, 0.1) is 0 Å². The van der Waals surface area contributed by atoms with Crippen LogP contribution >= 0.6 is 27.5 Å². The molecule has 0 N–H and O–H groups in total. The molecule has 17 heavy (non-hydrogen) atoms. The zero-order chi connectivity index (χ0) is 12.4. The summed E-state index contributed by atoms with van der Waals surface area (Å²) in [6.45, 7) is 4.28. The van der Waals surface area contributed by atoms with Crippen LogP contribution in [-0.4, -0.2) is 23.4 Å². The van der Waals surface area contributed by atoms with Gasteiger partial charge in [0.15, 0.2) is 0 Å². The van der Waals surface area contributed by atoms with Crippen molar-refractivity contribution in [3.05, 3.63) is 45.9 Å². The predicted octanol–water partition coefficient (Wildman–Crippen LogP) is 3.89. The zero-order valence-corrected chi connectivity index (χ0v) is 11.7. The van der Waals surface area contributed by atoms with Crippen LogP contribution in [0.3, 0.4) is 0 Å². The third-order valence-corrected chi connectivity index (χ3v) is 3.36. The van der Waals surface area contributed by atoms with Gasteiger partial charge in [-0.05, 0) is 31.0 Å². The van der Waals surface area contributed by atoms with E-state index < -0.39 is 0 Å². The van der Waals surface area contributed by atoms with Crippen molar-refractivity contribution >= 4 is 33.4 Å². The smallest absolute Gasteiger partial charge is 0.254 e. The lowest BCUT2D eigenvalue weighted by atomic mass is 10.2. The van der Waals surface area contributed by atoms with Crippen molar-refractivity contribution in [1.29, 1.82) is 0 Å². The van der Waals surface area contributed by atoms with Gasteiger partial charge in [0, 0.05) is 27.6 Å². The van der Waals surface area contributed by atoms with Gasteiger partial charge in [-0.3, -0.25) is 4.79 Å². The van der Waals surface area contributed by atoms with E-state index in [4.69, 9.17) is 11.6 Å². The van der Waals surface area contributed by atoms with Gasteiger partial charge in [0.1, 0.15) is 0 Å². The lowest BCUT2D eigenvalue weighted by molar-refractivity contribution is 0.0762. The number of amides is 1. The summed E-state index contributed by atoms with van der Waals surface area (Å²) in [6, 6.07) is 5.64. The summed E-state index contributed by atoms with van der Waals surface area (Å²) in [4.78, 5) is 14.2. The molecular weight excluding hydrogens is 302 g/mol. The van der Waals surface area contributed by atoms with Gasteiger partial charge in [-0.2, -0.15) is 0 Å². The molecule has 1 amide bonds. The maximum absolute atomic E-state index is 12.3. The van der Waals surface area contributed by atoms with E-state index in [1.54, 1.807) is 24.3 Å². The second-order valence-electron chi connectivity index (χ2n) is 4.14. The standard InChI is InChI=1S/C13H13BrClNO/c1-2-5-16(12-3-4-12)13(17)9-6-10(14)8-11(15)7-9/h2,6-8,12H,1,3-5H2. The van der Waals surface area contributed by atoms with Crippen molar-refractivity contribution in [3.8, 4) is 0 Å². The molecule has 0 unspecified atom stereocenters. The summed E-state index contributed by atoms with van der Waals surface area (Å²) in [5.41, 5.74) is 0.623. The maximum Gasteiger partial charge on any atom is 0.254 e. The Kier molecular flexibility index (Phi) is 3.89. The highest BCUT2D eigenvalue weighted by molar-refractivity contribution is 9.10. The number of carbonyl (C=O) groups is 1. The van der Waals surface area contributed by atoms with Gasteiger partial charge in [-0.15, -0.1) is 6.58 Å². The van der Waals surface area contributed by atoms with Gasteiger partial charge in [0.2, 0.25) is 0 Å². The summed E-state index contributed by atoms with van der Waals surface area (Å²) in [5.74, 6) is 0.0237. The third-order valence-electron chi connectivity index (χ3n) is 2.68. The molecule has 2 rings (SSSR count). The van der Waals surface area contributed by atoms with Crippen LogP contribution in [0.15, 0.2) is 35.3 Å². The number of carbonyl (C=O) groups excluding carboxylic acids is 1. The second kappa shape index (κ2) is 5.23. The number of nitrogens with zero attached hydrogens (tertiary/aromatic N) is 1. The fraction of sp³-hybridized carbons (Fsp3) is 0.308. The van der Waals surface area contributed by atoms with Crippen LogP contribution in [-0.2, 0) is 0 Å². The summed E-state index contributed by atoms with van der Waals surface area (Å²) >= 11 is 9.30. The molecule has 0 spiro atoms. The first-order valence-corrected chi connectivity index (χ1v) is 6.67. The number of benzene rings is 1. The van der Waals surface area contributed by atoms with Crippen LogP contribution in [0.4, 0.5) is 0 Å². The van der Waals surface area contributed by atoms with Gasteiger partial charge in [-0.25, -0.2) is 0 Å². The molecule has 1 saturated carbocycles. The second-order valence-corrected chi connectivity index (χ2v) is 5.49. The first-order valence-electron chi connectivity index (χ1n) is 5.50. The number of hydrogen-bond acceptors (Lipinski definition) is 1. The Balaban J connectivity index is 2.24. The van der Waals surface area contributed by atoms with Crippen LogP contribution < -0.4 is 0 Å². The molecule has 1 aliphatic rings. The number of halogens is 2. The van der Waals surface area contributed by atoms with E-state index in [2.05, 4.69) is 22.5 Å². The molecule has 1 aromatic carbocycles. The Hall–Kier alpha value is -0.800. The van der Waals surface area contributed by atoms with Gasteiger partial charge < -0.3 is 4.90 Å². The van der Waals surface area contributed by atoms with Crippen LogP contribution in [0.5, 0.6) is 0 Å². The van der Waals surface area contributed by atoms with E-state index in [1.807, 2.05) is 4.90 Å². The molecular formula is C13H13BrClNO. The van der Waals surface area contributed by atoms with Crippen LogP contribution in [0.25, 0.3) is 0 Å². The molecule has 0 aliphatic heterocycles. The molecule has 0 atom stereocenters. The molecule has 0 radical (unpaired) electrons. The van der Waals surface area contributed by atoms with E-state index >= 15 is 0 Å². The molecule has 1 aromatic rings. The quantitative estimate of drug-likeness (QED) is 0.772. The fourth-order valence-electron chi connectivity index (χ4n) is 1.77. The lowest BCUT2D eigenvalue weighted by Crippen LogP contribution is -2.33. The molecule has 0 saturated heterocycles. The Bertz CT molecular complexity index is 436. The largest absolute Gasteiger partial charge is 0.332 e. The van der Waals surface area contributed by atoms with E-state index in [1.165, 1.54) is 0 Å². The summed E-state index contributed by atoms with van der Waals surface area (Å²) in [7, 11) is 0. The topological polar surface area (TPSA) is 20.3 Å². The van der Waals surface area contributed by atoms with Crippen molar-refractivity contribution in [2.24, 2.45) is 0 Å². The average molecular weight is 315 g/mol. The van der Waals surface area contributed by atoms with E-state index in [0.717, 1.165) is 17.3 Å². The SMILES string of the molecule is C=CCN(C(=O)c1cc(Cl)cc(Br)c1)C1CC1. The highest BCUT2D eigenvalue weighted by atomic mass is 79.9. The minimum absolute atomic E-state index is 0.0237. The molecule has 0 heterocycles. The highest BCUT2D eigenvalue weighted by Gasteiger charge is 2.32. The Morgan fingerprint density at radius 3 is 2.76 bits per heavy atom. The maximum atomic E-state index is 12.3. The van der Waals surface area contributed by atoms with Gasteiger partial charge >= 0.3 is 0 Å². The normalized spacial score (nSPS) is 14.5. The predicted molar refractivity (Wildman–Crippen MR) is 73.4 cm³/mol. The number of hydrogen-bond donors (Lipinski definition) is 0. The molecule has 0 aromatic heterocycles.